The Morgan fingerprint density at radius 3 is 2.30 bits per heavy atom. The van der Waals surface area contributed by atoms with Gasteiger partial charge in [-0.05, 0) is 70.2 Å². The van der Waals surface area contributed by atoms with Crippen molar-refractivity contribution in [2.75, 3.05) is 13.1 Å². The first-order valence-corrected chi connectivity index (χ1v) is 15.2. The summed E-state index contributed by atoms with van der Waals surface area (Å²) < 4.78 is 13.1. The third-order valence-corrected chi connectivity index (χ3v) is 7.55. The van der Waals surface area contributed by atoms with Crippen LogP contribution in [0.3, 0.4) is 0 Å². The highest BCUT2D eigenvalue weighted by molar-refractivity contribution is 7.20. The fourth-order valence-electron chi connectivity index (χ4n) is 4.85. The molecule has 0 aliphatic rings. The molecule has 0 aliphatic carbocycles. The Balaban J connectivity index is 1.60. The van der Waals surface area contributed by atoms with E-state index in [2.05, 4.69) is 60.4 Å². The predicted octanol–water partition coefficient (Wildman–Crippen LogP) is 7.99. The molecule has 214 valence electrons. The van der Waals surface area contributed by atoms with Gasteiger partial charge in [-0.3, -0.25) is 4.90 Å². The van der Waals surface area contributed by atoms with Crippen LogP contribution in [0.2, 0.25) is 0 Å². The second-order valence-electron chi connectivity index (χ2n) is 11.7. The molecule has 0 amide bonds. The Bertz CT molecular complexity index is 1360. The smallest absolute Gasteiger partial charge is 0.274 e. The molecule has 0 aliphatic heterocycles. The standard InChI is InChI=1S/C34H44N2O3S/c1-7-12-25-15-11-16-26(21-25)19-20-36(22-27-13-9-8-10-14-27)23-29(37)28-17-18-30(39-34(4,5)6)31-32(28)40-33(35-31)38-24(2)3/h8-11,13-18,21,24,29,37H,7,12,19-20,22-23H2,1-6H3. The molecule has 1 heterocycles. The Hall–Kier alpha value is -2.93. The van der Waals surface area contributed by atoms with Crippen molar-refractivity contribution in [2.24, 2.45) is 0 Å². The molecule has 1 N–H and O–H groups in total. The summed E-state index contributed by atoms with van der Waals surface area (Å²) in [5.41, 5.74) is 5.20. The van der Waals surface area contributed by atoms with Gasteiger partial charge < -0.3 is 14.6 Å². The fourth-order valence-corrected chi connectivity index (χ4v) is 5.96. The fraction of sp³-hybridized carbons (Fsp3) is 0.441. The Morgan fingerprint density at radius 2 is 1.62 bits per heavy atom. The van der Waals surface area contributed by atoms with E-state index in [9.17, 15) is 5.11 Å². The van der Waals surface area contributed by atoms with Crippen molar-refractivity contribution in [3.05, 3.63) is 89.0 Å². The molecular formula is C34H44N2O3S. The summed E-state index contributed by atoms with van der Waals surface area (Å²) in [4.78, 5) is 7.12. The van der Waals surface area contributed by atoms with E-state index in [1.54, 1.807) is 0 Å². The van der Waals surface area contributed by atoms with E-state index in [-0.39, 0.29) is 11.7 Å². The molecule has 1 unspecified atom stereocenters. The van der Waals surface area contributed by atoms with E-state index in [0.717, 1.165) is 48.1 Å². The van der Waals surface area contributed by atoms with Crippen molar-refractivity contribution < 1.29 is 14.6 Å². The van der Waals surface area contributed by atoms with Crippen molar-refractivity contribution in [2.45, 2.75) is 85.2 Å². The molecule has 0 bridgehead atoms. The normalized spacial score (nSPS) is 12.8. The van der Waals surface area contributed by atoms with E-state index in [1.807, 2.05) is 52.8 Å². The van der Waals surface area contributed by atoms with E-state index >= 15 is 0 Å². The summed E-state index contributed by atoms with van der Waals surface area (Å²) in [5.74, 6) is 0.710. The third kappa shape index (κ3) is 8.53. The van der Waals surface area contributed by atoms with E-state index in [0.29, 0.717) is 17.5 Å². The van der Waals surface area contributed by atoms with Gasteiger partial charge in [-0.2, -0.15) is 4.98 Å². The summed E-state index contributed by atoms with van der Waals surface area (Å²) in [6.07, 6.45) is 2.50. The first kappa shape index (κ1) is 30.0. The highest BCUT2D eigenvalue weighted by Gasteiger charge is 2.23. The molecule has 3 aromatic carbocycles. The number of thiazole rings is 1. The third-order valence-electron chi connectivity index (χ3n) is 6.56. The van der Waals surface area contributed by atoms with Gasteiger partial charge >= 0.3 is 0 Å². The number of fused-ring (bicyclic) bond motifs is 1. The number of ether oxygens (including phenoxy) is 2. The molecule has 0 saturated heterocycles. The van der Waals surface area contributed by atoms with Crippen molar-refractivity contribution in [1.82, 2.24) is 9.88 Å². The van der Waals surface area contributed by atoms with Gasteiger partial charge in [0.25, 0.3) is 5.19 Å². The van der Waals surface area contributed by atoms with Crippen molar-refractivity contribution in [3.8, 4) is 10.9 Å². The number of benzene rings is 3. The minimum atomic E-state index is -0.686. The average Bonchev–Trinajstić information content (AvgIpc) is 3.31. The van der Waals surface area contributed by atoms with Gasteiger partial charge in [0.1, 0.15) is 16.9 Å². The number of rotatable bonds is 13. The summed E-state index contributed by atoms with van der Waals surface area (Å²) in [6.45, 7) is 14.4. The molecule has 0 saturated carbocycles. The van der Waals surface area contributed by atoms with Gasteiger partial charge in [0, 0.05) is 25.2 Å². The highest BCUT2D eigenvalue weighted by atomic mass is 32.1. The summed E-state index contributed by atoms with van der Waals surface area (Å²) >= 11 is 1.48. The largest absolute Gasteiger partial charge is 0.486 e. The summed E-state index contributed by atoms with van der Waals surface area (Å²) in [6, 6.07) is 23.3. The maximum Gasteiger partial charge on any atom is 0.274 e. The number of aliphatic hydroxyl groups excluding tert-OH is 1. The van der Waals surface area contributed by atoms with Crippen LogP contribution in [-0.4, -0.2) is 39.8 Å². The van der Waals surface area contributed by atoms with Gasteiger partial charge in [0.15, 0.2) is 0 Å². The van der Waals surface area contributed by atoms with Gasteiger partial charge in [-0.15, -0.1) is 0 Å². The summed E-state index contributed by atoms with van der Waals surface area (Å²) in [7, 11) is 0. The zero-order valence-electron chi connectivity index (χ0n) is 24.8. The number of hydrogen-bond acceptors (Lipinski definition) is 6. The van der Waals surface area contributed by atoms with Crippen LogP contribution in [0.15, 0.2) is 66.7 Å². The van der Waals surface area contributed by atoms with Crippen LogP contribution in [-0.2, 0) is 19.4 Å². The SMILES string of the molecule is CCCc1cccc(CCN(Cc2ccccc2)CC(O)c2ccc(OC(C)(C)C)c3nc(OC(C)C)sc23)c1. The monoisotopic (exact) mass is 560 g/mol. The number of hydrogen-bond donors (Lipinski definition) is 1. The molecule has 5 nitrogen and oxygen atoms in total. The maximum absolute atomic E-state index is 11.6. The summed E-state index contributed by atoms with van der Waals surface area (Å²) in [5, 5.41) is 12.2. The number of aryl methyl sites for hydroxylation is 1. The number of aromatic nitrogens is 1. The van der Waals surface area contributed by atoms with E-state index in [4.69, 9.17) is 14.5 Å². The minimum absolute atomic E-state index is 0.0121. The van der Waals surface area contributed by atoms with Crippen LogP contribution < -0.4 is 9.47 Å². The van der Waals surface area contributed by atoms with Crippen LogP contribution in [0.4, 0.5) is 0 Å². The van der Waals surface area contributed by atoms with Gasteiger partial charge in [-0.25, -0.2) is 0 Å². The molecule has 40 heavy (non-hydrogen) atoms. The van der Waals surface area contributed by atoms with Crippen LogP contribution in [0.5, 0.6) is 10.9 Å². The van der Waals surface area contributed by atoms with Crippen molar-refractivity contribution in [3.63, 3.8) is 0 Å². The molecule has 4 aromatic rings. The Morgan fingerprint density at radius 1 is 0.925 bits per heavy atom. The molecule has 1 atom stereocenters. The zero-order chi connectivity index (χ0) is 28.7. The second-order valence-corrected chi connectivity index (χ2v) is 12.7. The van der Waals surface area contributed by atoms with Crippen LogP contribution >= 0.6 is 11.3 Å². The lowest BCUT2D eigenvalue weighted by Gasteiger charge is -2.26. The zero-order valence-corrected chi connectivity index (χ0v) is 25.6. The maximum atomic E-state index is 11.6. The minimum Gasteiger partial charge on any atom is -0.486 e. The molecule has 0 fully saturated rings. The lowest BCUT2D eigenvalue weighted by Crippen LogP contribution is -2.30. The Kier molecular flexibility index (Phi) is 10.2. The average molecular weight is 561 g/mol. The first-order chi connectivity index (χ1) is 19.1. The Labute approximate surface area is 243 Å². The van der Waals surface area contributed by atoms with E-state index < -0.39 is 6.10 Å². The molecule has 4 rings (SSSR count). The topological polar surface area (TPSA) is 54.8 Å². The molecule has 0 spiro atoms. The van der Waals surface area contributed by atoms with Crippen molar-refractivity contribution >= 4 is 21.6 Å². The van der Waals surface area contributed by atoms with E-state index in [1.165, 1.54) is 28.0 Å². The number of aliphatic hydroxyl groups is 1. The first-order valence-electron chi connectivity index (χ1n) is 14.4. The van der Waals surface area contributed by atoms with Crippen LogP contribution in [0, 0.1) is 0 Å². The quantitative estimate of drug-likeness (QED) is 0.180. The van der Waals surface area contributed by atoms with Gasteiger partial charge in [-0.1, -0.05) is 85.3 Å². The second kappa shape index (κ2) is 13.6. The van der Waals surface area contributed by atoms with Gasteiger partial charge in [0.05, 0.1) is 16.9 Å². The van der Waals surface area contributed by atoms with Crippen molar-refractivity contribution in [1.29, 1.82) is 0 Å². The molecular weight excluding hydrogens is 516 g/mol. The molecule has 0 radical (unpaired) electrons. The van der Waals surface area contributed by atoms with Gasteiger partial charge in [0.2, 0.25) is 0 Å². The molecule has 1 aromatic heterocycles. The van der Waals surface area contributed by atoms with Crippen LogP contribution in [0.25, 0.3) is 10.2 Å². The lowest BCUT2D eigenvalue weighted by atomic mass is 10.0. The highest BCUT2D eigenvalue weighted by Crippen LogP contribution is 2.40. The lowest BCUT2D eigenvalue weighted by molar-refractivity contribution is 0.110. The number of nitrogens with zero attached hydrogens (tertiary/aromatic N) is 2. The molecule has 6 heteroatoms. The predicted molar refractivity (Wildman–Crippen MR) is 167 cm³/mol. The van der Waals surface area contributed by atoms with Crippen LogP contribution in [0.1, 0.15) is 76.3 Å².